The molecule has 2 N–H and O–H groups in total. The number of rotatable bonds is 8. The highest BCUT2D eigenvalue weighted by Gasteiger charge is 2.31. The van der Waals surface area contributed by atoms with Crippen LogP contribution in [0.4, 0.5) is 24.8 Å². The van der Waals surface area contributed by atoms with Gasteiger partial charge in [-0.2, -0.15) is 9.97 Å². The largest absolute Gasteiger partial charge is 0.573 e. The van der Waals surface area contributed by atoms with Gasteiger partial charge in [0.15, 0.2) is 5.75 Å². The summed E-state index contributed by atoms with van der Waals surface area (Å²) in [5.74, 6) is 0.658. The summed E-state index contributed by atoms with van der Waals surface area (Å²) in [5.41, 5.74) is 3.91. The van der Waals surface area contributed by atoms with Crippen LogP contribution in [0.15, 0.2) is 54.9 Å². The lowest BCUT2D eigenvalue weighted by Crippen LogP contribution is -2.40. The molecule has 1 aliphatic rings. The van der Waals surface area contributed by atoms with Gasteiger partial charge in [-0.1, -0.05) is 12.1 Å². The summed E-state index contributed by atoms with van der Waals surface area (Å²) in [6.07, 6.45) is -3.01. The first-order chi connectivity index (χ1) is 16.8. The van der Waals surface area contributed by atoms with E-state index in [9.17, 15) is 13.2 Å². The number of ether oxygens (including phenoxy) is 3. The van der Waals surface area contributed by atoms with Gasteiger partial charge >= 0.3 is 12.4 Å². The standard InChI is InChI=1S/C23H21F3N6O3/c1-32-20-8-15(30-16-12-33-13-16)4-7-19(20)31-21(32)27-9-14-2-5-17(6-3-14)34-22-28-10-18(11-29-22)35-23(24,25)26/h2-8,10-11,16,30H,9,12-13H2,1H3,(H,27,31). The van der Waals surface area contributed by atoms with E-state index >= 15 is 0 Å². The zero-order valence-electron chi connectivity index (χ0n) is 18.5. The molecular weight excluding hydrogens is 465 g/mol. The van der Waals surface area contributed by atoms with Gasteiger partial charge in [0.25, 0.3) is 0 Å². The minimum atomic E-state index is -4.80. The molecule has 2 aromatic carbocycles. The van der Waals surface area contributed by atoms with Crippen molar-refractivity contribution in [3.8, 4) is 17.5 Å². The number of fused-ring (bicyclic) bond motifs is 1. The predicted octanol–water partition coefficient (Wildman–Crippen LogP) is 4.48. The summed E-state index contributed by atoms with van der Waals surface area (Å²) >= 11 is 0. The van der Waals surface area contributed by atoms with Gasteiger partial charge < -0.3 is 29.4 Å². The van der Waals surface area contributed by atoms with E-state index in [4.69, 9.17) is 9.47 Å². The first-order valence-corrected chi connectivity index (χ1v) is 10.7. The Kier molecular flexibility index (Phi) is 6.03. The van der Waals surface area contributed by atoms with E-state index < -0.39 is 12.1 Å². The van der Waals surface area contributed by atoms with Crippen molar-refractivity contribution >= 4 is 22.7 Å². The highest BCUT2D eigenvalue weighted by atomic mass is 19.4. The molecule has 5 rings (SSSR count). The van der Waals surface area contributed by atoms with E-state index in [2.05, 4.69) is 36.4 Å². The molecule has 9 nitrogen and oxygen atoms in total. The molecule has 0 spiro atoms. The predicted molar refractivity (Wildman–Crippen MR) is 122 cm³/mol. The monoisotopic (exact) mass is 486 g/mol. The average molecular weight is 486 g/mol. The summed E-state index contributed by atoms with van der Waals surface area (Å²) in [7, 11) is 1.95. The molecule has 4 aromatic rings. The normalized spacial score (nSPS) is 13.9. The Morgan fingerprint density at radius 3 is 2.46 bits per heavy atom. The number of imidazole rings is 1. The maximum absolute atomic E-state index is 12.2. The third kappa shape index (κ3) is 5.54. The van der Waals surface area contributed by atoms with Crippen molar-refractivity contribution in [1.29, 1.82) is 0 Å². The molecule has 12 heteroatoms. The van der Waals surface area contributed by atoms with Crippen LogP contribution in [-0.2, 0) is 18.3 Å². The Balaban J connectivity index is 1.18. The molecule has 0 saturated carbocycles. The van der Waals surface area contributed by atoms with E-state index in [1.165, 1.54) is 0 Å². The molecular formula is C23H21F3N6O3. The summed E-state index contributed by atoms with van der Waals surface area (Å²) in [4.78, 5) is 12.1. The summed E-state index contributed by atoms with van der Waals surface area (Å²) in [6.45, 7) is 1.97. The lowest BCUT2D eigenvalue weighted by atomic mass is 10.2. The van der Waals surface area contributed by atoms with Gasteiger partial charge in [-0.25, -0.2) is 4.98 Å². The molecule has 1 aliphatic heterocycles. The van der Waals surface area contributed by atoms with Gasteiger partial charge in [0.1, 0.15) is 5.75 Å². The number of hydrogen-bond acceptors (Lipinski definition) is 8. The second-order valence-electron chi connectivity index (χ2n) is 7.93. The lowest BCUT2D eigenvalue weighted by Gasteiger charge is -2.27. The smallest absolute Gasteiger partial charge is 0.424 e. The van der Waals surface area contributed by atoms with Crippen LogP contribution in [0, 0.1) is 0 Å². The first-order valence-electron chi connectivity index (χ1n) is 10.7. The van der Waals surface area contributed by atoms with Crippen molar-refractivity contribution in [2.75, 3.05) is 23.8 Å². The Morgan fingerprint density at radius 2 is 1.80 bits per heavy atom. The number of halogens is 3. The maximum atomic E-state index is 12.2. The molecule has 0 atom stereocenters. The summed E-state index contributed by atoms with van der Waals surface area (Å²) in [5, 5.41) is 6.78. The molecule has 0 bridgehead atoms. The number of alkyl halides is 3. The fraction of sp³-hybridized carbons (Fsp3) is 0.261. The third-order valence-electron chi connectivity index (χ3n) is 5.31. The van der Waals surface area contributed by atoms with E-state index in [-0.39, 0.29) is 6.01 Å². The fourth-order valence-corrected chi connectivity index (χ4v) is 3.50. The van der Waals surface area contributed by atoms with Crippen LogP contribution in [0.1, 0.15) is 5.56 Å². The molecule has 1 fully saturated rings. The van der Waals surface area contributed by atoms with Gasteiger partial charge in [-0.3, -0.25) is 0 Å². The van der Waals surface area contributed by atoms with Crippen LogP contribution in [0.3, 0.4) is 0 Å². The summed E-state index contributed by atoms with van der Waals surface area (Å²) < 4.78 is 53.1. The zero-order chi connectivity index (χ0) is 24.4. The SMILES string of the molecule is Cn1c(NCc2ccc(Oc3ncc(OC(F)(F)F)cn3)cc2)nc2ccc(NC3COC3)cc21. The topological polar surface area (TPSA) is 95.4 Å². The van der Waals surface area contributed by atoms with Crippen LogP contribution in [-0.4, -0.2) is 45.1 Å². The molecule has 0 radical (unpaired) electrons. The molecule has 1 saturated heterocycles. The highest BCUT2D eigenvalue weighted by Crippen LogP contribution is 2.25. The van der Waals surface area contributed by atoms with Crippen LogP contribution < -0.4 is 20.1 Å². The molecule has 3 heterocycles. The van der Waals surface area contributed by atoms with Crippen LogP contribution >= 0.6 is 0 Å². The van der Waals surface area contributed by atoms with Crippen molar-refractivity contribution in [2.24, 2.45) is 7.05 Å². The van der Waals surface area contributed by atoms with Crippen molar-refractivity contribution < 1.29 is 27.4 Å². The van der Waals surface area contributed by atoms with Crippen molar-refractivity contribution in [3.63, 3.8) is 0 Å². The van der Waals surface area contributed by atoms with E-state index in [0.717, 1.165) is 53.8 Å². The number of aryl methyl sites for hydroxylation is 1. The Morgan fingerprint density at radius 1 is 1.06 bits per heavy atom. The fourth-order valence-electron chi connectivity index (χ4n) is 3.50. The quantitative estimate of drug-likeness (QED) is 0.377. The van der Waals surface area contributed by atoms with Crippen LogP contribution in [0.25, 0.3) is 11.0 Å². The highest BCUT2D eigenvalue weighted by molar-refractivity contribution is 5.82. The second-order valence-corrected chi connectivity index (χ2v) is 7.93. The van der Waals surface area contributed by atoms with Gasteiger partial charge in [0.05, 0.1) is 42.7 Å². The molecule has 182 valence electrons. The minimum absolute atomic E-state index is 0.0937. The number of hydrogen-bond donors (Lipinski definition) is 2. The van der Waals surface area contributed by atoms with Crippen LogP contribution in [0.2, 0.25) is 0 Å². The Hall–Kier alpha value is -4.06. The average Bonchev–Trinajstić information content (AvgIpc) is 3.11. The van der Waals surface area contributed by atoms with Crippen molar-refractivity contribution in [2.45, 2.75) is 18.9 Å². The van der Waals surface area contributed by atoms with Crippen LogP contribution in [0.5, 0.6) is 17.5 Å². The van der Waals surface area contributed by atoms with Crippen molar-refractivity contribution in [1.82, 2.24) is 19.5 Å². The Bertz CT molecular complexity index is 1310. The molecule has 2 aromatic heterocycles. The van der Waals surface area contributed by atoms with E-state index in [1.807, 2.05) is 35.9 Å². The number of nitrogens with zero attached hydrogens (tertiary/aromatic N) is 4. The molecule has 35 heavy (non-hydrogen) atoms. The minimum Gasteiger partial charge on any atom is -0.424 e. The Labute approximate surface area is 197 Å². The van der Waals surface area contributed by atoms with Gasteiger partial charge in [0.2, 0.25) is 5.95 Å². The number of nitrogens with one attached hydrogen (secondary N) is 2. The summed E-state index contributed by atoms with van der Waals surface area (Å²) in [6, 6.07) is 13.5. The first kappa shape index (κ1) is 22.7. The van der Waals surface area contributed by atoms with E-state index in [0.29, 0.717) is 18.3 Å². The number of benzene rings is 2. The zero-order valence-corrected chi connectivity index (χ0v) is 18.5. The lowest BCUT2D eigenvalue weighted by molar-refractivity contribution is -0.274. The van der Waals surface area contributed by atoms with Gasteiger partial charge in [-0.15, -0.1) is 13.2 Å². The molecule has 0 aliphatic carbocycles. The van der Waals surface area contributed by atoms with E-state index in [1.54, 1.807) is 12.1 Å². The molecule has 0 amide bonds. The third-order valence-corrected chi connectivity index (χ3v) is 5.31. The van der Waals surface area contributed by atoms with Gasteiger partial charge in [-0.05, 0) is 35.9 Å². The maximum Gasteiger partial charge on any atom is 0.573 e. The molecule has 0 unspecified atom stereocenters. The second kappa shape index (κ2) is 9.29. The van der Waals surface area contributed by atoms with Gasteiger partial charge in [0, 0.05) is 19.3 Å². The number of anilines is 2. The van der Waals surface area contributed by atoms with Crippen molar-refractivity contribution in [3.05, 3.63) is 60.4 Å². The number of aromatic nitrogens is 4.